The number of oxime groups is 1. The summed E-state index contributed by atoms with van der Waals surface area (Å²) >= 11 is 2.93. The standard InChI is InChI=1S/C8H5BrF2N2O2/c9-4-1-5(10)6(11)2-7(4)13-8(14)3-12-15/h1-3,15H,(H,13,14). The Kier molecular flexibility index (Phi) is 3.73. The van der Waals surface area contributed by atoms with E-state index in [1.165, 1.54) is 0 Å². The van der Waals surface area contributed by atoms with Crippen LogP contribution in [0, 0.1) is 11.6 Å². The first-order chi connectivity index (χ1) is 7.04. The number of carbonyl (C=O) groups is 1. The van der Waals surface area contributed by atoms with Crippen LogP contribution in [0.1, 0.15) is 0 Å². The van der Waals surface area contributed by atoms with E-state index in [0.717, 1.165) is 12.1 Å². The predicted molar refractivity (Wildman–Crippen MR) is 53.0 cm³/mol. The van der Waals surface area contributed by atoms with Crippen LogP contribution in [0.3, 0.4) is 0 Å². The third-order valence-electron chi connectivity index (χ3n) is 1.44. The molecule has 0 aliphatic heterocycles. The molecule has 80 valence electrons. The Morgan fingerprint density at radius 1 is 1.47 bits per heavy atom. The Hall–Kier alpha value is -1.50. The molecule has 0 bridgehead atoms. The number of rotatable bonds is 2. The largest absolute Gasteiger partial charge is 0.411 e. The lowest BCUT2D eigenvalue weighted by molar-refractivity contribution is -0.110. The first-order valence-corrected chi connectivity index (χ1v) is 4.47. The average Bonchev–Trinajstić information content (AvgIpc) is 2.14. The van der Waals surface area contributed by atoms with E-state index in [9.17, 15) is 13.6 Å². The van der Waals surface area contributed by atoms with Gasteiger partial charge in [-0.15, -0.1) is 0 Å². The Morgan fingerprint density at radius 3 is 2.67 bits per heavy atom. The molecule has 1 aromatic carbocycles. The maximum absolute atomic E-state index is 12.8. The number of hydrogen-bond donors (Lipinski definition) is 2. The topological polar surface area (TPSA) is 61.7 Å². The summed E-state index contributed by atoms with van der Waals surface area (Å²) in [6.07, 6.45) is 0.591. The van der Waals surface area contributed by atoms with Gasteiger partial charge in [-0.25, -0.2) is 8.78 Å². The number of benzene rings is 1. The predicted octanol–water partition coefficient (Wildman–Crippen LogP) is 2.13. The fraction of sp³-hybridized carbons (Fsp3) is 0. The van der Waals surface area contributed by atoms with Crippen LogP contribution in [0.5, 0.6) is 0 Å². The van der Waals surface area contributed by atoms with E-state index in [2.05, 4.69) is 26.4 Å². The number of nitrogens with one attached hydrogen (secondary N) is 1. The highest BCUT2D eigenvalue weighted by atomic mass is 79.9. The number of amides is 1. The van der Waals surface area contributed by atoms with Crippen LogP contribution < -0.4 is 5.32 Å². The highest BCUT2D eigenvalue weighted by Crippen LogP contribution is 2.24. The SMILES string of the molecule is O=C(C=NO)Nc1cc(F)c(F)cc1Br. The smallest absolute Gasteiger partial charge is 0.270 e. The lowest BCUT2D eigenvalue weighted by Gasteiger charge is -2.05. The average molecular weight is 279 g/mol. The molecular formula is C8H5BrF2N2O2. The van der Waals surface area contributed by atoms with E-state index in [1.807, 2.05) is 0 Å². The second kappa shape index (κ2) is 4.83. The molecule has 0 fully saturated rings. The van der Waals surface area contributed by atoms with Crippen molar-refractivity contribution in [3.63, 3.8) is 0 Å². The van der Waals surface area contributed by atoms with Crippen LogP contribution in [0.2, 0.25) is 0 Å². The zero-order valence-corrected chi connectivity index (χ0v) is 8.75. The molecule has 0 aliphatic rings. The van der Waals surface area contributed by atoms with Crippen LogP contribution in [-0.4, -0.2) is 17.3 Å². The van der Waals surface area contributed by atoms with Crippen molar-refractivity contribution in [2.75, 3.05) is 5.32 Å². The monoisotopic (exact) mass is 278 g/mol. The molecule has 1 amide bonds. The van der Waals surface area contributed by atoms with E-state index in [4.69, 9.17) is 5.21 Å². The molecule has 0 spiro atoms. The van der Waals surface area contributed by atoms with Crippen molar-refractivity contribution >= 4 is 33.7 Å². The molecule has 4 nitrogen and oxygen atoms in total. The third kappa shape index (κ3) is 2.98. The number of nitrogens with zero attached hydrogens (tertiary/aromatic N) is 1. The van der Waals surface area contributed by atoms with Gasteiger partial charge < -0.3 is 10.5 Å². The summed E-state index contributed by atoms with van der Waals surface area (Å²) in [4.78, 5) is 10.9. The summed E-state index contributed by atoms with van der Waals surface area (Å²) in [5.41, 5.74) is 0.0406. The second-order valence-corrected chi connectivity index (χ2v) is 3.33. The van der Waals surface area contributed by atoms with Gasteiger partial charge in [0.1, 0.15) is 6.21 Å². The molecule has 0 unspecified atom stereocenters. The first-order valence-electron chi connectivity index (χ1n) is 3.67. The fourth-order valence-electron chi connectivity index (χ4n) is 0.836. The Balaban J connectivity index is 2.95. The Morgan fingerprint density at radius 2 is 2.07 bits per heavy atom. The molecule has 0 saturated heterocycles. The van der Waals surface area contributed by atoms with Gasteiger partial charge in [-0.1, -0.05) is 5.16 Å². The third-order valence-corrected chi connectivity index (χ3v) is 2.10. The van der Waals surface area contributed by atoms with Crippen LogP contribution in [0.25, 0.3) is 0 Å². The molecule has 0 radical (unpaired) electrons. The maximum atomic E-state index is 12.8. The lowest BCUT2D eigenvalue weighted by atomic mass is 10.3. The normalized spacial score (nSPS) is 10.6. The van der Waals surface area contributed by atoms with E-state index >= 15 is 0 Å². The molecule has 0 saturated carbocycles. The molecule has 1 aromatic rings. The quantitative estimate of drug-likeness (QED) is 0.377. The van der Waals surface area contributed by atoms with E-state index < -0.39 is 17.5 Å². The Labute approximate surface area is 91.7 Å². The van der Waals surface area contributed by atoms with Gasteiger partial charge in [0.25, 0.3) is 5.91 Å². The Bertz CT molecular complexity index is 423. The summed E-state index contributed by atoms with van der Waals surface area (Å²) in [6, 6.07) is 1.68. The van der Waals surface area contributed by atoms with Crippen molar-refractivity contribution < 1.29 is 18.8 Å². The fourth-order valence-corrected chi connectivity index (χ4v) is 1.25. The molecule has 0 heterocycles. The maximum Gasteiger partial charge on any atom is 0.270 e. The van der Waals surface area contributed by atoms with Crippen molar-refractivity contribution in [1.82, 2.24) is 0 Å². The minimum absolute atomic E-state index is 0.0406. The molecule has 15 heavy (non-hydrogen) atoms. The van der Waals surface area contributed by atoms with Crippen LogP contribution in [0.4, 0.5) is 14.5 Å². The van der Waals surface area contributed by atoms with Crippen molar-refractivity contribution in [3.05, 3.63) is 28.2 Å². The zero-order valence-electron chi connectivity index (χ0n) is 7.17. The number of carbonyl (C=O) groups excluding carboxylic acids is 1. The molecule has 7 heteroatoms. The molecule has 2 N–H and O–H groups in total. The summed E-state index contributed by atoms with van der Waals surface area (Å²) in [5, 5.41) is 12.7. The van der Waals surface area contributed by atoms with Crippen LogP contribution in [0.15, 0.2) is 21.8 Å². The minimum atomic E-state index is -1.09. The molecule has 1 rings (SSSR count). The van der Waals surface area contributed by atoms with Gasteiger partial charge in [0.2, 0.25) is 0 Å². The van der Waals surface area contributed by atoms with Gasteiger partial charge in [-0.2, -0.15) is 0 Å². The van der Waals surface area contributed by atoms with Gasteiger partial charge in [0, 0.05) is 10.5 Å². The summed E-state index contributed by atoms with van der Waals surface area (Å²) in [5.74, 6) is -2.88. The van der Waals surface area contributed by atoms with Gasteiger partial charge in [0.05, 0.1) is 5.69 Å². The van der Waals surface area contributed by atoms with Crippen LogP contribution >= 0.6 is 15.9 Å². The van der Waals surface area contributed by atoms with Gasteiger partial charge in [-0.05, 0) is 22.0 Å². The highest BCUT2D eigenvalue weighted by Gasteiger charge is 2.09. The van der Waals surface area contributed by atoms with Crippen molar-refractivity contribution in [2.24, 2.45) is 5.16 Å². The summed E-state index contributed by atoms with van der Waals surface area (Å²) in [6.45, 7) is 0. The minimum Gasteiger partial charge on any atom is -0.411 e. The summed E-state index contributed by atoms with van der Waals surface area (Å²) < 4.78 is 25.6. The number of halogens is 3. The number of anilines is 1. The van der Waals surface area contributed by atoms with Gasteiger partial charge in [0.15, 0.2) is 11.6 Å². The first kappa shape index (κ1) is 11.6. The lowest BCUT2D eigenvalue weighted by Crippen LogP contribution is -2.13. The van der Waals surface area contributed by atoms with E-state index in [1.54, 1.807) is 0 Å². The van der Waals surface area contributed by atoms with E-state index in [-0.39, 0.29) is 10.2 Å². The van der Waals surface area contributed by atoms with Crippen molar-refractivity contribution in [2.45, 2.75) is 0 Å². The van der Waals surface area contributed by atoms with E-state index in [0.29, 0.717) is 6.21 Å². The highest BCUT2D eigenvalue weighted by molar-refractivity contribution is 9.10. The van der Waals surface area contributed by atoms with Crippen molar-refractivity contribution in [1.29, 1.82) is 0 Å². The molecule has 0 aromatic heterocycles. The van der Waals surface area contributed by atoms with Crippen molar-refractivity contribution in [3.8, 4) is 0 Å². The summed E-state index contributed by atoms with van der Waals surface area (Å²) in [7, 11) is 0. The number of hydrogen-bond acceptors (Lipinski definition) is 3. The zero-order chi connectivity index (χ0) is 11.4. The van der Waals surface area contributed by atoms with Crippen LogP contribution in [-0.2, 0) is 4.79 Å². The van der Waals surface area contributed by atoms with Gasteiger partial charge >= 0.3 is 0 Å². The molecular weight excluding hydrogens is 274 g/mol. The molecule has 0 atom stereocenters. The molecule has 0 aliphatic carbocycles. The second-order valence-electron chi connectivity index (χ2n) is 2.48. The van der Waals surface area contributed by atoms with Gasteiger partial charge in [-0.3, -0.25) is 4.79 Å².